The number of rotatable bonds is 10. The Morgan fingerprint density at radius 2 is 0.919 bits per heavy atom. The Kier molecular flexibility index (Phi) is 7.89. The van der Waals surface area contributed by atoms with Crippen LogP contribution in [0.2, 0.25) is 0 Å². The van der Waals surface area contributed by atoms with Gasteiger partial charge in [-0.2, -0.15) is 0 Å². The van der Waals surface area contributed by atoms with E-state index in [1.807, 2.05) is 54.6 Å². The van der Waals surface area contributed by atoms with Crippen LogP contribution in [-0.2, 0) is 0 Å². The van der Waals surface area contributed by atoms with Crippen molar-refractivity contribution in [3.63, 3.8) is 0 Å². The van der Waals surface area contributed by atoms with Crippen LogP contribution in [0.1, 0.15) is 22.3 Å². The summed E-state index contributed by atoms with van der Waals surface area (Å²) in [5.41, 5.74) is 1.36. The summed E-state index contributed by atoms with van der Waals surface area (Å²) in [4.78, 5) is 12.7. The molecular weight excluding hydrogens is 471 g/mol. The summed E-state index contributed by atoms with van der Waals surface area (Å²) in [6, 6.07) is 49.6. The van der Waals surface area contributed by atoms with Crippen LogP contribution in [0.15, 0.2) is 146 Å². The third-order valence-electron chi connectivity index (χ3n) is 6.65. The van der Waals surface area contributed by atoms with Crippen molar-refractivity contribution in [2.75, 3.05) is 12.8 Å². The Morgan fingerprint density at radius 3 is 1.38 bits per heavy atom. The van der Waals surface area contributed by atoms with Crippen molar-refractivity contribution in [1.29, 1.82) is 0 Å². The number of hydrogen-bond donors (Lipinski definition) is 0. The Balaban J connectivity index is 1.34. The molecule has 0 N–H and O–H groups in total. The zero-order chi connectivity index (χ0) is 25.3. The van der Waals surface area contributed by atoms with E-state index in [-0.39, 0.29) is 5.78 Å². The monoisotopic (exact) mass is 501 g/mol. The highest BCUT2D eigenvalue weighted by atomic mass is 31.2. The predicted molar refractivity (Wildman–Crippen MR) is 156 cm³/mol. The molecule has 0 atom stereocenters. The first kappa shape index (κ1) is 24.7. The van der Waals surface area contributed by atoms with E-state index in [1.165, 1.54) is 15.9 Å². The molecule has 0 aromatic heterocycles. The molecule has 5 aromatic carbocycles. The molecule has 0 aliphatic heterocycles. The number of ketones is 1. The van der Waals surface area contributed by atoms with Crippen LogP contribution in [0.3, 0.4) is 0 Å². The standard InChI is InChI=1S/C34H30O2P/c35-34(28-14-5-1-6-15-28)29-22-24-30(25-23-29)36-26-13-27-37(31-16-7-2-8-17-31,32-18-9-3-10-19-32)33-20-11-4-12-21-33/h1-12,14-25H,13,26-27H2/q+1. The Labute approximate surface area is 219 Å². The topological polar surface area (TPSA) is 26.3 Å². The zero-order valence-corrected chi connectivity index (χ0v) is 21.6. The minimum Gasteiger partial charge on any atom is -0.493 e. The van der Waals surface area contributed by atoms with E-state index in [1.54, 1.807) is 0 Å². The molecule has 0 bridgehead atoms. The second-order valence-electron chi connectivity index (χ2n) is 8.96. The maximum absolute atomic E-state index is 12.7. The van der Waals surface area contributed by atoms with Gasteiger partial charge in [-0.05, 0) is 60.7 Å². The molecule has 5 aromatic rings. The number of carbonyl (C=O) groups excluding carboxylic acids is 1. The molecule has 5 rings (SSSR count). The average Bonchev–Trinajstić information content (AvgIpc) is 2.99. The van der Waals surface area contributed by atoms with Crippen LogP contribution in [0.5, 0.6) is 5.75 Å². The quantitative estimate of drug-likeness (QED) is 0.121. The van der Waals surface area contributed by atoms with Gasteiger partial charge in [-0.3, -0.25) is 4.79 Å². The molecule has 0 unspecified atom stereocenters. The molecule has 0 aliphatic carbocycles. The van der Waals surface area contributed by atoms with Crippen molar-refractivity contribution in [3.8, 4) is 5.75 Å². The van der Waals surface area contributed by atoms with Gasteiger partial charge in [-0.25, -0.2) is 0 Å². The third kappa shape index (κ3) is 5.56. The Hall–Kier alpha value is -4.00. The highest BCUT2D eigenvalue weighted by molar-refractivity contribution is 7.95. The van der Waals surface area contributed by atoms with Gasteiger partial charge < -0.3 is 4.74 Å². The molecule has 37 heavy (non-hydrogen) atoms. The van der Waals surface area contributed by atoms with Crippen LogP contribution in [-0.4, -0.2) is 18.6 Å². The van der Waals surface area contributed by atoms with Gasteiger partial charge in [-0.15, -0.1) is 0 Å². The van der Waals surface area contributed by atoms with Gasteiger partial charge in [0.15, 0.2) is 5.78 Å². The molecule has 2 nitrogen and oxygen atoms in total. The summed E-state index contributed by atoms with van der Waals surface area (Å²) in [5, 5.41) is 4.16. The summed E-state index contributed by atoms with van der Waals surface area (Å²) in [7, 11) is -1.85. The van der Waals surface area contributed by atoms with Gasteiger partial charge in [0.25, 0.3) is 0 Å². The van der Waals surface area contributed by atoms with E-state index >= 15 is 0 Å². The molecule has 0 radical (unpaired) electrons. The van der Waals surface area contributed by atoms with Crippen LogP contribution >= 0.6 is 7.26 Å². The predicted octanol–water partition coefficient (Wildman–Crippen LogP) is 6.68. The highest BCUT2D eigenvalue weighted by Crippen LogP contribution is 2.55. The lowest BCUT2D eigenvalue weighted by Crippen LogP contribution is -2.33. The minimum atomic E-state index is -1.85. The molecule has 182 valence electrons. The van der Waals surface area contributed by atoms with Crippen LogP contribution in [0.4, 0.5) is 0 Å². The first-order valence-electron chi connectivity index (χ1n) is 12.6. The van der Waals surface area contributed by atoms with Crippen LogP contribution < -0.4 is 20.7 Å². The molecule has 0 saturated carbocycles. The first-order chi connectivity index (χ1) is 18.3. The molecule has 0 fully saturated rings. The van der Waals surface area contributed by atoms with E-state index in [4.69, 9.17) is 4.74 Å². The highest BCUT2D eigenvalue weighted by Gasteiger charge is 2.44. The average molecular weight is 502 g/mol. The summed E-state index contributed by atoms with van der Waals surface area (Å²) in [5.74, 6) is 0.808. The lowest BCUT2D eigenvalue weighted by Gasteiger charge is -2.27. The summed E-state index contributed by atoms with van der Waals surface area (Å²) >= 11 is 0. The van der Waals surface area contributed by atoms with Crippen molar-refractivity contribution in [2.45, 2.75) is 6.42 Å². The second-order valence-corrected chi connectivity index (χ2v) is 12.6. The lowest BCUT2D eigenvalue weighted by atomic mass is 10.0. The number of hydrogen-bond acceptors (Lipinski definition) is 2. The van der Waals surface area contributed by atoms with Gasteiger partial charge in [-0.1, -0.05) is 84.9 Å². The minimum absolute atomic E-state index is 0.0234. The Morgan fingerprint density at radius 1 is 0.514 bits per heavy atom. The van der Waals surface area contributed by atoms with Gasteiger partial charge in [0, 0.05) is 17.5 Å². The van der Waals surface area contributed by atoms with Crippen LogP contribution in [0, 0.1) is 0 Å². The van der Waals surface area contributed by atoms with Crippen molar-refractivity contribution >= 4 is 29.0 Å². The van der Waals surface area contributed by atoms with E-state index in [2.05, 4.69) is 91.0 Å². The maximum atomic E-state index is 12.7. The van der Waals surface area contributed by atoms with E-state index in [0.717, 1.165) is 18.3 Å². The fourth-order valence-corrected chi connectivity index (χ4v) is 9.15. The fourth-order valence-electron chi connectivity index (χ4n) is 4.83. The van der Waals surface area contributed by atoms with Gasteiger partial charge in [0.2, 0.25) is 0 Å². The number of ether oxygens (including phenoxy) is 1. The van der Waals surface area contributed by atoms with Gasteiger partial charge in [0.1, 0.15) is 28.9 Å². The normalized spacial score (nSPS) is 11.1. The maximum Gasteiger partial charge on any atom is 0.193 e. The second kappa shape index (κ2) is 11.8. The molecule has 3 heteroatoms. The molecule has 0 saturated heterocycles. The molecular formula is C34H30O2P+. The van der Waals surface area contributed by atoms with Crippen molar-refractivity contribution in [3.05, 3.63) is 157 Å². The summed E-state index contributed by atoms with van der Waals surface area (Å²) < 4.78 is 6.16. The largest absolute Gasteiger partial charge is 0.493 e. The van der Waals surface area contributed by atoms with E-state index in [9.17, 15) is 4.79 Å². The van der Waals surface area contributed by atoms with E-state index in [0.29, 0.717) is 17.7 Å². The number of carbonyl (C=O) groups is 1. The summed E-state index contributed by atoms with van der Waals surface area (Å²) in [6.45, 7) is 0.611. The van der Waals surface area contributed by atoms with Crippen LogP contribution in [0.25, 0.3) is 0 Å². The van der Waals surface area contributed by atoms with Crippen molar-refractivity contribution < 1.29 is 9.53 Å². The lowest BCUT2D eigenvalue weighted by molar-refractivity contribution is 0.103. The third-order valence-corrected chi connectivity index (χ3v) is 11.2. The smallest absolute Gasteiger partial charge is 0.193 e. The summed E-state index contributed by atoms with van der Waals surface area (Å²) in [6.07, 6.45) is 1.92. The molecule has 0 spiro atoms. The first-order valence-corrected chi connectivity index (χ1v) is 14.6. The number of benzene rings is 5. The molecule has 0 aliphatic rings. The Bertz CT molecular complexity index is 1300. The molecule has 0 amide bonds. The van der Waals surface area contributed by atoms with E-state index < -0.39 is 7.26 Å². The van der Waals surface area contributed by atoms with Gasteiger partial charge in [0.05, 0.1) is 12.8 Å². The SMILES string of the molecule is O=C(c1ccccc1)c1ccc(OCCC[P+](c2ccccc2)(c2ccccc2)c2ccccc2)cc1. The zero-order valence-electron chi connectivity index (χ0n) is 20.7. The van der Waals surface area contributed by atoms with Crippen molar-refractivity contribution in [1.82, 2.24) is 0 Å². The molecule has 0 heterocycles. The van der Waals surface area contributed by atoms with Crippen molar-refractivity contribution in [2.24, 2.45) is 0 Å². The fraction of sp³-hybridized carbons (Fsp3) is 0.0882. The van der Waals surface area contributed by atoms with Gasteiger partial charge >= 0.3 is 0 Å².